The molecule has 186 valence electrons. The molecule has 0 fully saturated rings. The molecule has 0 aliphatic heterocycles. The fourth-order valence-electron chi connectivity index (χ4n) is 6.12. The van der Waals surface area contributed by atoms with Gasteiger partial charge in [-0.25, -0.2) is 0 Å². The van der Waals surface area contributed by atoms with E-state index in [1.54, 1.807) is 0 Å². The van der Waals surface area contributed by atoms with Gasteiger partial charge in [0.15, 0.2) is 0 Å². The lowest BCUT2D eigenvalue weighted by Crippen LogP contribution is -1.92. The average molecular weight is 512 g/mol. The molecule has 0 unspecified atom stereocenters. The average Bonchev–Trinajstić information content (AvgIpc) is 3.08. The minimum Gasteiger partial charge on any atom is -0.0622 e. The predicted molar refractivity (Wildman–Crippen MR) is 173 cm³/mol. The smallest absolute Gasteiger partial charge is 0.0622 e. The molecule has 0 N–H and O–H groups in total. The van der Waals surface area contributed by atoms with Crippen molar-refractivity contribution in [3.05, 3.63) is 158 Å². The molecule has 0 bridgehead atoms. The summed E-state index contributed by atoms with van der Waals surface area (Å²) in [6, 6.07) is 42.6. The van der Waals surface area contributed by atoms with Crippen molar-refractivity contribution in [1.29, 1.82) is 0 Å². The summed E-state index contributed by atoms with van der Waals surface area (Å²) in [6.45, 7) is 0. The molecule has 0 radical (unpaired) electrons. The second-order valence-electron chi connectivity index (χ2n) is 10.1. The Kier molecular flexibility index (Phi) is 4.18. The third-order valence-corrected chi connectivity index (χ3v) is 7.91. The monoisotopic (exact) mass is 511 g/mol. The first-order valence-corrected chi connectivity index (χ1v) is 13.5. The molecule has 0 saturated carbocycles. The van der Waals surface area contributed by atoms with Crippen molar-refractivity contribution >= 4 is 43.1 Å². The normalized spacial score (nSPS) is 13.2. The van der Waals surface area contributed by atoms with Crippen molar-refractivity contribution in [3.8, 4) is 33.4 Å². The van der Waals surface area contributed by atoms with Crippen molar-refractivity contribution < 1.29 is 6.85 Å². The summed E-state index contributed by atoms with van der Waals surface area (Å²) < 4.78 is 42.2. The van der Waals surface area contributed by atoms with Crippen LogP contribution in [0.4, 0.5) is 0 Å². The summed E-state index contributed by atoms with van der Waals surface area (Å²) in [4.78, 5) is 0. The zero-order valence-electron chi connectivity index (χ0n) is 26.6. The van der Waals surface area contributed by atoms with Crippen molar-refractivity contribution in [3.63, 3.8) is 0 Å². The van der Waals surface area contributed by atoms with Gasteiger partial charge in [0, 0.05) is 0 Å². The molecule has 0 aliphatic rings. The van der Waals surface area contributed by atoms with Crippen LogP contribution in [0.15, 0.2) is 158 Å². The quantitative estimate of drug-likeness (QED) is 0.207. The van der Waals surface area contributed by atoms with Crippen LogP contribution < -0.4 is 0 Å². The van der Waals surface area contributed by atoms with Crippen molar-refractivity contribution in [2.45, 2.75) is 0 Å². The minimum absolute atomic E-state index is 0.201. The van der Waals surface area contributed by atoms with E-state index in [9.17, 15) is 0 Å². The molecule has 0 atom stereocenters. The summed E-state index contributed by atoms with van der Waals surface area (Å²) in [5.41, 5.74) is 5.11. The van der Waals surface area contributed by atoms with Gasteiger partial charge >= 0.3 is 0 Å². The van der Waals surface area contributed by atoms with E-state index in [1.807, 2.05) is 24.3 Å². The third-order valence-electron chi connectivity index (χ3n) is 7.91. The Morgan fingerprint density at radius 2 is 0.975 bits per heavy atom. The van der Waals surface area contributed by atoms with Crippen LogP contribution >= 0.6 is 0 Å². The SMILES string of the molecule is [2H]c1c([2H])c([2H])c(-c2ccc3c(-c4ccc5ccccc5c4)c4ccccc4c(-c4cccc5ccccc45)c3c2)c([2H])c1[2H]. The van der Waals surface area contributed by atoms with E-state index in [4.69, 9.17) is 6.85 Å². The van der Waals surface area contributed by atoms with Crippen LogP contribution in [0.5, 0.6) is 0 Å². The maximum atomic E-state index is 8.72. The van der Waals surface area contributed by atoms with Gasteiger partial charge in [0.1, 0.15) is 0 Å². The molecular formula is C40H26. The predicted octanol–water partition coefficient (Wildman–Crippen LogP) is 11.3. The Balaban J connectivity index is 1.56. The summed E-state index contributed by atoms with van der Waals surface area (Å²) in [7, 11) is 0. The van der Waals surface area contributed by atoms with Crippen molar-refractivity contribution in [2.75, 3.05) is 0 Å². The largest absolute Gasteiger partial charge is 0.0629 e. The molecule has 40 heavy (non-hydrogen) atoms. The van der Waals surface area contributed by atoms with Gasteiger partial charge < -0.3 is 0 Å². The Morgan fingerprint density at radius 1 is 0.350 bits per heavy atom. The lowest BCUT2D eigenvalue weighted by molar-refractivity contribution is 1.64. The highest BCUT2D eigenvalue weighted by molar-refractivity contribution is 6.24. The van der Waals surface area contributed by atoms with Gasteiger partial charge in [-0.1, -0.05) is 145 Å². The molecule has 8 aromatic carbocycles. The Labute approximate surface area is 240 Å². The maximum absolute atomic E-state index is 8.72. The van der Waals surface area contributed by atoms with Gasteiger partial charge in [-0.2, -0.15) is 0 Å². The van der Waals surface area contributed by atoms with E-state index in [-0.39, 0.29) is 29.7 Å². The Hall–Kier alpha value is -5.20. The molecule has 0 heterocycles. The van der Waals surface area contributed by atoms with Crippen LogP contribution in [0.1, 0.15) is 6.85 Å². The fraction of sp³-hybridized carbons (Fsp3) is 0. The number of benzene rings is 8. The highest BCUT2D eigenvalue weighted by Gasteiger charge is 2.19. The highest BCUT2D eigenvalue weighted by atomic mass is 14.2. The van der Waals surface area contributed by atoms with E-state index in [2.05, 4.69) is 103 Å². The number of fused-ring (bicyclic) bond motifs is 4. The van der Waals surface area contributed by atoms with Crippen molar-refractivity contribution in [2.24, 2.45) is 0 Å². The van der Waals surface area contributed by atoms with Crippen LogP contribution in [0.25, 0.3) is 76.5 Å². The molecule has 0 heteroatoms. The zero-order chi connectivity index (χ0) is 30.8. The first-order valence-electron chi connectivity index (χ1n) is 16.0. The molecule has 8 rings (SSSR count). The molecule has 0 nitrogen and oxygen atoms in total. The molecular weight excluding hydrogens is 480 g/mol. The number of hydrogen-bond donors (Lipinski definition) is 0. The van der Waals surface area contributed by atoms with Crippen LogP contribution in [-0.2, 0) is 0 Å². The molecule has 0 saturated heterocycles. The van der Waals surface area contributed by atoms with E-state index in [0.29, 0.717) is 5.56 Å². The van der Waals surface area contributed by atoms with Gasteiger partial charge in [0.25, 0.3) is 0 Å². The maximum Gasteiger partial charge on any atom is 0.0629 e. The van der Waals surface area contributed by atoms with Gasteiger partial charge in [0.05, 0.1) is 6.85 Å². The second-order valence-corrected chi connectivity index (χ2v) is 10.1. The zero-order valence-corrected chi connectivity index (χ0v) is 21.6. The first kappa shape index (κ1) is 18.2. The van der Waals surface area contributed by atoms with Gasteiger partial charge in [-0.3, -0.25) is 0 Å². The van der Waals surface area contributed by atoms with Crippen LogP contribution in [0.3, 0.4) is 0 Å². The van der Waals surface area contributed by atoms with Crippen LogP contribution in [0.2, 0.25) is 0 Å². The molecule has 8 aromatic rings. The lowest BCUT2D eigenvalue weighted by Gasteiger charge is -2.20. The first-order chi connectivity index (χ1) is 21.9. The third kappa shape index (κ3) is 3.61. The minimum atomic E-state index is -0.393. The van der Waals surface area contributed by atoms with Crippen LogP contribution in [0, 0.1) is 0 Å². The Morgan fingerprint density at radius 3 is 1.80 bits per heavy atom. The van der Waals surface area contributed by atoms with Gasteiger partial charge in [-0.15, -0.1) is 0 Å². The number of rotatable bonds is 3. The standard InChI is InChI=1S/C40H26/c1-2-11-27(12-3-1)31-23-24-37-38(26-31)40(34-20-10-16-29-14-6-7-17-33(29)34)36-19-9-8-18-35(36)39(37)32-22-21-28-13-4-5-15-30(28)25-32/h1-26H/i1D,2D,3D,11D,12D. The molecule has 0 amide bonds. The summed E-state index contributed by atoms with van der Waals surface area (Å²) in [6.07, 6.45) is 0. The lowest BCUT2D eigenvalue weighted by atomic mass is 9.83. The summed E-state index contributed by atoms with van der Waals surface area (Å²) >= 11 is 0. The number of hydrogen-bond acceptors (Lipinski definition) is 0. The fourth-order valence-corrected chi connectivity index (χ4v) is 6.12. The van der Waals surface area contributed by atoms with Crippen LogP contribution in [-0.4, -0.2) is 0 Å². The van der Waals surface area contributed by atoms with E-state index >= 15 is 0 Å². The van der Waals surface area contributed by atoms with Crippen molar-refractivity contribution in [1.82, 2.24) is 0 Å². The van der Waals surface area contributed by atoms with Gasteiger partial charge in [-0.05, 0) is 88.6 Å². The molecule has 0 aromatic heterocycles. The van der Waals surface area contributed by atoms with E-state index in [1.165, 1.54) is 5.39 Å². The summed E-state index contributed by atoms with van der Waals surface area (Å²) in [5, 5.41) is 8.78. The second kappa shape index (κ2) is 9.22. The highest BCUT2D eigenvalue weighted by Crippen LogP contribution is 2.46. The van der Waals surface area contributed by atoms with E-state index < -0.39 is 6.04 Å². The van der Waals surface area contributed by atoms with E-state index in [0.717, 1.165) is 60.0 Å². The Bertz CT molecular complexity index is 2460. The topological polar surface area (TPSA) is 0 Å². The van der Waals surface area contributed by atoms with Gasteiger partial charge in [0.2, 0.25) is 0 Å². The molecule has 0 aliphatic carbocycles. The molecule has 0 spiro atoms. The summed E-state index contributed by atoms with van der Waals surface area (Å²) in [5.74, 6) is 0.